The molecule has 2 aromatic carbocycles. The summed E-state index contributed by atoms with van der Waals surface area (Å²) in [7, 11) is 0. The molecule has 0 bridgehead atoms. The fourth-order valence-electron chi connectivity index (χ4n) is 2.04. The van der Waals surface area contributed by atoms with Gasteiger partial charge in [-0.05, 0) is 54.7 Å². The lowest BCUT2D eigenvalue weighted by Gasteiger charge is -2.14. The van der Waals surface area contributed by atoms with Gasteiger partial charge in [-0.3, -0.25) is 0 Å². The normalized spacial score (nSPS) is 12.5. The number of rotatable bonds is 3. The summed E-state index contributed by atoms with van der Waals surface area (Å²) >= 11 is 5.74. The Bertz CT molecular complexity index is 595. The first-order valence-corrected chi connectivity index (χ1v) is 6.62. The molecule has 1 unspecified atom stereocenters. The lowest BCUT2D eigenvalue weighted by molar-refractivity contribution is 0.593. The molecule has 0 aromatic heterocycles. The van der Waals surface area contributed by atoms with E-state index in [1.165, 1.54) is 17.2 Å². The zero-order chi connectivity index (χ0) is 14.0. The standard InChI is InChI=1S/C16H17ClFN/c1-10-3-4-13(7-11(10)2)16(19)8-12-5-6-14(17)9-15(12)18/h3-7,9,16H,8,19H2,1-2H3. The van der Waals surface area contributed by atoms with E-state index in [0.29, 0.717) is 17.0 Å². The highest BCUT2D eigenvalue weighted by Crippen LogP contribution is 2.22. The largest absolute Gasteiger partial charge is 0.324 e. The summed E-state index contributed by atoms with van der Waals surface area (Å²) in [5.74, 6) is -0.299. The quantitative estimate of drug-likeness (QED) is 0.887. The summed E-state index contributed by atoms with van der Waals surface area (Å²) in [5, 5.41) is 0.404. The minimum Gasteiger partial charge on any atom is -0.324 e. The second-order valence-electron chi connectivity index (χ2n) is 4.89. The molecule has 0 heterocycles. The zero-order valence-electron chi connectivity index (χ0n) is 11.1. The Labute approximate surface area is 118 Å². The van der Waals surface area contributed by atoms with Crippen molar-refractivity contribution < 1.29 is 4.39 Å². The van der Waals surface area contributed by atoms with Gasteiger partial charge in [0.05, 0.1) is 0 Å². The predicted molar refractivity (Wildman–Crippen MR) is 78.0 cm³/mol. The van der Waals surface area contributed by atoms with Crippen LogP contribution in [-0.4, -0.2) is 0 Å². The summed E-state index contributed by atoms with van der Waals surface area (Å²) in [5.41, 5.74) is 10.2. The first-order chi connectivity index (χ1) is 8.97. The summed E-state index contributed by atoms with van der Waals surface area (Å²) in [6, 6.07) is 10.6. The summed E-state index contributed by atoms with van der Waals surface area (Å²) < 4.78 is 13.7. The SMILES string of the molecule is Cc1ccc(C(N)Cc2ccc(Cl)cc2F)cc1C. The van der Waals surface area contributed by atoms with Crippen molar-refractivity contribution in [2.75, 3.05) is 0 Å². The van der Waals surface area contributed by atoms with Crippen LogP contribution in [0.1, 0.15) is 28.3 Å². The van der Waals surface area contributed by atoms with Crippen LogP contribution in [-0.2, 0) is 6.42 Å². The van der Waals surface area contributed by atoms with Crippen LogP contribution >= 0.6 is 11.6 Å². The van der Waals surface area contributed by atoms with Crippen molar-refractivity contribution in [3.05, 3.63) is 69.5 Å². The Morgan fingerprint density at radius 3 is 2.47 bits per heavy atom. The van der Waals surface area contributed by atoms with E-state index in [1.54, 1.807) is 12.1 Å². The van der Waals surface area contributed by atoms with Crippen molar-refractivity contribution in [1.29, 1.82) is 0 Å². The first-order valence-electron chi connectivity index (χ1n) is 6.24. The van der Waals surface area contributed by atoms with Gasteiger partial charge in [-0.25, -0.2) is 4.39 Å². The topological polar surface area (TPSA) is 26.0 Å². The van der Waals surface area contributed by atoms with E-state index in [2.05, 4.69) is 19.9 Å². The van der Waals surface area contributed by atoms with E-state index in [9.17, 15) is 4.39 Å². The van der Waals surface area contributed by atoms with Gasteiger partial charge in [0.2, 0.25) is 0 Å². The molecule has 0 spiro atoms. The van der Waals surface area contributed by atoms with Crippen LogP contribution in [0, 0.1) is 19.7 Å². The molecule has 1 nitrogen and oxygen atoms in total. The third kappa shape index (κ3) is 3.34. The third-order valence-corrected chi connectivity index (χ3v) is 3.65. The highest BCUT2D eigenvalue weighted by Gasteiger charge is 2.11. The minimum absolute atomic E-state index is 0.213. The molecule has 100 valence electrons. The van der Waals surface area contributed by atoms with E-state index < -0.39 is 0 Å². The van der Waals surface area contributed by atoms with Crippen molar-refractivity contribution in [1.82, 2.24) is 0 Å². The van der Waals surface area contributed by atoms with E-state index in [-0.39, 0.29) is 11.9 Å². The van der Waals surface area contributed by atoms with E-state index in [1.807, 2.05) is 12.1 Å². The molecule has 1 atom stereocenters. The lowest BCUT2D eigenvalue weighted by Crippen LogP contribution is -2.14. The highest BCUT2D eigenvalue weighted by molar-refractivity contribution is 6.30. The Morgan fingerprint density at radius 1 is 1.11 bits per heavy atom. The number of halogens is 2. The number of nitrogens with two attached hydrogens (primary N) is 1. The van der Waals surface area contributed by atoms with E-state index in [0.717, 1.165) is 5.56 Å². The predicted octanol–water partition coefficient (Wildman–Crippen LogP) is 4.34. The Hall–Kier alpha value is -1.38. The zero-order valence-corrected chi connectivity index (χ0v) is 11.8. The number of benzene rings is 2. The molecular formula is C16H17ClFN. The van der Waals surface area contributed by atoms with Gasteiger partial charge in [0, 0.05) is 11.1 Å². The minimum atomic E-state index is -0.299. The molecule has 0 fully saturated rings. The van der Waals surface area contributed by atoms with Gasteiger partial charge in [-0.1, -0.05) is 35.9 Å². The second-order valence-corrected chi connectivity index (χ2v) is 5.33. The Morgan fingerprint density at radius 2 is 1.84 bits per heavy atom. The van der Waals surface area contributed by atoms with Crippen molar-refractivity contribution in [2.45, 2.75) is 26.3 Å². The maximum absolute atomic E-state index is 13.7. The van der Waals surface area contributed by atoms with E-state index in [4.69, 9.17) is 17.3 Å². The molecule has 0 saturated heterocycles. The molecule has 0 aliphatic rings. The van der Waals surface area contributed by atoms with Gasteiger partial charge in [-0.15, -0.1) is 0 Å². The summed E-state index contributed by atoms with van der Waals surface area (Å²) in [6.07, 6.45) is 0.464. The van der Waals surface area contributed by atoms with Gasteiger partial charge < -0.3 is 5.73 Å². The molecule has 0 aliphatic carbocycles. The van der Waals surface area contributed by atoms with Crippen molar-refractivity contribution in [3.8, 4) is 0 Å². The molecule has 0 amide bonds. The average molecular weight is 278 g/mol. The van der Waals surface area contributed by atoms with Crippen molar-refractivity contribution in [2.24, 2.45) is 5.73 Å². The molecule has 2 N–H and O–H groups in total. The summed E-state index contributed by atoms with van der Waals surface area (Å²) in [6.45, 7) is 4.11. The molecular weight excluding hydrogens is 261 g/mol. The number of hydrogen-bond acceptors (Lipinski definition) is 1. The third-order valence-electron chi connectivity index (χ3n) is 3.41. The van der Waals surface area contributed by atoms with Crippen LogP contribution in [0.5, 0.6) is 0 Å². The fraction of sp³-hybridized carbons (Fsp3) is 0.250. The van der Waals surface area contributed by atoms with Gasteiger partial charge in [0.25, 0.3) is 0 Å². The maximum atomic E-state index is 13.7. The molecule has 3 heteroatoms. The van der Waals surface area contributed by atoms with Crippen LogP contribution in [0.4, 0.5) is 4.39 Å². The van der Waals surface area contributed by atoms with Crippen LogP contribution in [0.2, 0.25) is 5.02 Å². The first kappa shape index (κ1) is 14.0. The molecule has 0 radical (unpaired) electrons. The van der Waals surface area contributed by atoms with Gasteiger partial charge in [0.15, 0.2) is 0 Å². The average Bonchev–Trinajstić information content (AvgIpc) is 2.36. The van der Waals surface area contributed by atoms with Crippen molar-refractivity contribution >= 4 is 11.6 Å². The molecule has 0 saturated carbocycles. The smallest absolute Gasteiger partial charge is 0.127 e. The van der Waals surface area contributed by atoms with Crippen LogP contribution in [0.25, 0.3) is 0 Å². The van der Waals surface area contributed by atoms with Gasteiger partial charge in [0.1, 0.15) is 5.82 Å². The number of hydrogen-bond donors (Lipinski definition) is 1. The van der Waals surface area contributed by atoms with Crippen molar-refractivity contribution in [3.63, 3.8) is 0 Å². The lowest BCUT2D eigenvalue weighted by atomic mass is 9.96. The van der Waals surface area contributed by atoms with Gasteiger partial charge in [-0.2, -0.15) is 0 Å². The molecule has 2 aromatic rings. The molecule has 0 aliphatic heterocycles. The monoisotopic (exact) mass is 277 g/mol. The fourth-order valence-corrected chi connectivity index (χ4v) is 2.20. The van der Waals surface area contributed by atoms with E-state index >= 15 is 0 Å². The second kappa shape index (κ2) is 5.72. The Kier molecular flexibility index (Phi) is 4.23. The van der Waals surface area contributed by atoms with Crippen LogP contribution < -0.4 is 5.73 Å². The molecule has 19 heavy (non-hydrogen) atoms. The maximum Gasteiger partial charge on any atom is 0.127 e. The summed E-state index contributed by atoms with van der Waals surface area (Å²) in [4.78, 5) is 0. The van der Waals surface area contributed by atoms with Gasteiger partial charge >= 0.3 is 0 Å². The highest BCUT2D eigenvalue weighted by atomic mass is 35.5. The van der Waals surface area contributed by atoms with Crippen LogP contribution in [0.3, 0.4) is 0 Å². The molecule has 2 rings (SSSR count). The number of aryl methyl sites for hydroxylation is 2. The van der Waals surface area contributed by atoms with Crippen LogP contribution in [0.15, 0.2) is 36.4 Å². The Balaban J connectivity index is 2.20.